The molecule has 0 aliphatic heterocycles. The Morgan fingerprint density at radius 3 is 1.97 bits per heavy atom. The maximum atomic E-state index is 11.8. The van der Waals surface area contributed by atoms with E-state index in [1.807, 2.05) is 0 Å². The molecule has 4 N–H and O–H groups in total. The molecule has 0 aliphatic rings. The molecule has 0 atom stereocenters. The zero-order valence-electron chi connectivity index (χ0n) is 16.8. The van der Waals surface area contributed by atoms with Crippen molar-refractivity contribution in [2.24, 2.45) is 10.2 Å². The summed E-state index contributed by atoms with van der Waals surface area (Å²) in [6.07, 6.45) is 0. The van der Waals surface area contributed by atoms with Crippen LogP contribution in [-0.2, 0) is 20.2 Å². The average Bonchev–Trinajstić information content (AvgIpc) is 2.75. The lowest BCUT2D eigenvalue weighted by Crippen LogP contribution is -2.03. The minimum Gasteiger partial charge on any atom is -0.505 e. The van der Waals surface area contributed by atoms with Gasteiger partial charge in [0.1, 0.15) is 21.0 Å². The van der Waals surface area contributed by atoms with Gasteiger partial charge in [-0.05, 0) is 35.7 Å². The van der Waals surface area contributed by atoms with Crippen LogP contribution in [0.15, 0.2) is 80.7 Å². The Labute approximate surface area is 192 Å². The lowest BCUT2D eigenvalue weighted by atomic mass is 10.0. The Morgan fingerprint density at radius 2 is 1.35 bits per heavy atom. The first-order valence-electron chi connectivity index (χ1n) is 9.29. The number of fused-ring (bicyclic) bond motifs is 2. The predicted molar refractivity (Wildman–Crippen MR) is 120 cm³/mol. The highest BCUT2D eigenvalue weighted by Gasteiger charge is 2.22. The number of carbonyl (C=O) groups is 1. The largest absolute Gasteiger partial charge is 0.505 e. The first-order chi connectivity index (χ1) is 15.9. The highest BCUT2D eigenvalue weighted by molar-refractivity contribution is 7.86. The van der Waals surface area contributed by atoms with Crippen LogP contribution in [0, 0.1) is 0 Å². The summed E-state index contributed by atoms with van der Waals surface area (Å²) in [6.45, 7) is 0. The molecule has 34 heavy (non-hydrogen) atoms. The second kappa shape index (κ2) is 8.14. The highest BCUT2D eigenvalue weighted by atomic mass is 32.2. The van der Waals surface area contributed by atoms with Crippen LogP contribution in [0.1, 0.15) is 10.4 Å². The van der Waals surface area contributed by atoms with Gasteiger partial charge in [0.15, 0.2) is 5.75 Å². The normalized spacial score (nSPS) is 12.5. The Balaban J connectivity index is 1.95. The molecule has 0 saturated carbocycles. The van der Waals surface area contributed by atoms with E-state index in [0.29, 0.717) is 10.8 Å². The quantitative estimate of drug-likeness (QED) is 0.227. The molecule has 0 spiro atoms. The molecule has 13 heteroatoms. The van der Waals surface area contributed by atoms with Gasteiger partial charge < -0.3 is 10.2 Å². The van der Waals surface area contributed by atoms with Crippen LogP contribution in [0.3, 0.4) is 0 Å². The van der Waals surface area contributed by atoms with Gasteiger partial charge in [0.25, 0.3) is 20.2 Å². The molecular weight excluding hydrogens is 488 g/mol. The summed E-state index contributed by atoms with van der Waals surface area (Å²) in [5, 5.41) is 28.1. The lowest BCUT2D eigenvalue weighted by Gasteiger charge is -2.09. The van der Waals surface area contributed by atoms with Crippen LogP contribution in [0.4, 0.5) is 11.4 Å². The van der Waals surface area contributed by atoms with Crippen molar-refractivity contribution < 1.29 is 40.9 Å². The fourth-order valence-corrected chi connectivity index (χ4v) is 4.87. The summed E-state index contributed by atoms with van der Waals surface area (Å²) in [5.41, 5.74) is -0.580. The zero-order valence-corrected chi connectivity index (χ0v) is 18.4. The number of phenols is 1. The van der Waals surface area contributed by atoms with E-state index >= 15 is 0 Å². The van der Waals surface area contributed by atoms with Gasteiger partial charge in [0.05, 0.1) is 5.69 Å². The zero-order chi connectivity index (χ0) is 24.8. The van der Waals surface area contributed by atoms with Crippen molar-refractivity contribution >= 4 is 59.1 Å². The van der Waals surface area contributed by atoms with Crippen molar-refractivity contribution in [3.8, 4) is 5.75 Å². The standard InChI is InChI=1S/C21H14N2O9S2/c24-20-16(21(25)26)9-11-3-1-2-4-13(11)19(20)23-22-12-5-6-14-15(10-12)18(34(30,31)32)8-7-17(14)33(27,28)29/h1-10,24H,(H,25,26)(H,27,28,29)(H,30,31,32). The molecular formula is C21H14N2O9S2. The predicted octanol–water partition coefficient (Wildman–Crippen LogP) is 4.31. The van der Waals surface area contributed by atoms with Crippen LogP contribution in [-0.4, -0.2) is 42.1 Å². The van der Waals surface area contributed by atoms with Crippen molar-refractivity contribution in [1.29, 1.82) is 0 Å². The van der Waals surface area contributed by atoms with E-state index in [1.165, 1.54) is 12.1 Å². The second-order valence-electron chi connectivity index (χ2n) is 7.09. The van der Waals surface area contributed by atoms with Crippen LogP contribution in [0.25, 0.3) is 21.5 Å². The number of hydrogen-bond acceptors (Lipinski definition) is 8. The minimum atomic E-state index is -4.78. The number of rotatable bonds is 5. The Hall–Kier alpha value is -3.91. The third-order valence-corrected chi connectivity index (χ3v) is 6.79. The van der Waals surface area contributed by atoms with E-state index in [-0.39, 0.29) is 22.1 Å². The maximum Gasteiger partial charge on any atom is 0.339 e. The second-order valence-corrected chi connectivity index (χ2v) is 9.87. The Kier molecular flexibility index (Phi) is 5.57. The number of carboxylic acid groups (broad SMARTS) is 1. The molecule has 174 valence electrons. The number of aromatic carboxylic acids is 1. The number of azo groups is 1. The molecule has 4 aromatic rings. The van der Waals surface area contributed by atoms with E-state index in [1.54, 1.807) is 24.3 Å². The first-order valence-corrected chi connectivity index (χ1v) is 12.2. The van der Waals surface area contributed by atoms with Gasteiger partial charge in [-0.15, -0.1) is 5.11 Å². The molecule has 0 amide bonds. The van der Waals surface area contributed by atoms with Gasteiger partial charge in [-0.3, -0.25) is 9.11 Å². The average molecular weight is 502 g/mol. The Morgan fingerprint density at radius 1 is 0.735 bits per heavy atom. The molecule has 0 unspecified atom stereocenters. The third kappa shape index (κ3) is 4.20. The summed E-state index contributed by atoms with van der Waals surface area (Å²) in [7, 11) is -9.50. The monoisotopic (exact) mass is 502 g/mol. The molecule has 0 fully saturated rings. The molecule has 11 nitrogen and oxygen atoms in total. The highest BCUT2D eigenvalue weighted by Crippen LogP contribution is 2.40. The van der Waals surface area contributed by atoms with E-state index in [0.717, 1.165) is 24.3 Å². The summed E-state index contributed by atoms with van der Waals surface area (Å²) in [6, 6.07) is 13.0. The third-order valence-electron chi connectivity index (χ3n) is 4.97. The van der Waals surface area contributed by atoms with Crippen LogP contribution >= 0.6 is 0 Å². The van der Waals surface area contributed by atoms with Gasteiger partial charge in [-0.2, -0.15) is 21.9 Å². The SMILES string of the molecule is O=C(O)c1cc2ccccc2c(N=Nc2ccc3c(S(=O)(=O)O)ccc(S(=O)(=O)O)c3c2)c1O. The van der Waals surface area contributed by atoms with Gasteiger partial charge in [0, 0.05) is 16.2 Å². The Bertz CT molecular complexity index is 1750. The summed E-state index contributed by atoms with van der Waals surface area (Å²) in [4.78, 5) is 10.3. The van der Waals surface area contributed by atoms with Crippen molar-refractivity contribution in [2.75, 3.05) is 0 Å². The molecule has 0 aromatic heterocycles. The van der Waals surface area contributed by atoms with Crippen LogP contribution in [0.2, 0.25) is 0 Å². The number of aromatic hydroxyl groups is 1. The summed E-state index contributed by atoms with van der Waals surface area (Å²) < 4.78 is 65.9. The number of benzene rings is 4. The maximum absolute atomic E-state index is 11.8. The number of nitrogens with zero attached hydrogens (tertiary/aromatic N) is 2. The number of carboxylic acids is 1. The minimum absolute atomic E-state index is 0.0194. The van der Waals surface area contributed by atoms with Crippen molar-refractivity contribution in [2.45, 2.75) is 9.79 Å². The smallest absolute Gasteiger partial charge is 0.339 e. The molecule has 0 saturated heterocycles. The van der Waals surface area contributed by atoms with E-state index < -0.39 is 47.3 Å². The topological polar surface area (TPSA) is 191 Å². The van der Waals surface area contributed by atoms with Crippen LogP contribution < -0.4 is 0 Å². The van der Waals surface area contributed by atoms with Gasteiger partial charge in [-0.1, -0.05) is 30.3 Å². The van der Waals surface area contributed by atoms with E-state index in [2.05, 4.69) is 10.2 Å². The van der Waals surface area contributed by atoms with Gasteiger partial charge in [0.2, 0.25) is 0 Å². The molecule has 0 radical (unpaired) electrons. The molecule has 4 rings (SSSR count). The van der Waals surface area contributed by atoms with Crippen molar-refractivity contribution in [3.63, 3.8) is 0 Å². The fourth-order valence-electron chi connectivity index (χ4n) is 3.48. The van der Waals surface area contributed by atoms with Crippen LogP contribution in [0.5, 0.6) is 5.75 Å². The van der Waals surface area contributed by atoms with E-state index in [4.69, 9.17) is 0 Å². The van der Waals surface area contributed by atoms with Crippen molar-refractivity contribution in [3.05, 3.63) is 66.2 Å². The molecule has 0 bridgehead atoms. The van der Waals surface area contributed by atoms with Gasteiger partial charge >= 0.3 is 5.97 Å². The summed E-state index contributed by atoms with van der Waals surface area (Å²) >= 11 is 0. The molecule has 0 heterocycles. The van der Waals surface area contributed by atoms with Gasteiger partial charge in [-0.25, -0.2) is 4.79 Å². The van der Waals surface area contributed by atoms with E-state index in [9.17, 15) is 40.9 Å². The molecule has 4 aromatic carbocycles. The number of hydrogen-bond donors (Lipinski definition) is 4. The first kappa shape index (κ1) is 23.3. The molecule has 0 aliphatic carbocycles. The lowest BCUT2D eigenvalue weighted by molar-refractivity contribution is 0.0694. The fraction of sp³-hybridized carbons (Fsp3) is 0. The van der Waals surface area contributed by atoms with Crippen molar-refractivity contribution in [1.82, 2.24) is 0 Å². The summed E-state index contributed by atoms with van der Waals surface area (Å²) in [5.74, 6) is -2.02.